The summed E-state index contributed by atoms with van der Waals surface area (Å²) in [6, 6.07) is 0. The van der Waals surface area contributed by atoms with Gasteiger partial charge in [-0.05, 0) is 56.3 Å². The Bertz CT molecular complexity index is 509. The zero-order chi connectivity index (χ0) is 22.2. The Morgan fingerprint density at radius 2 is 1.93 bits per heavy atom. The van der Waals surface area contributed by atoms with Gasteiger partial charge in [-0.3, -0.25) is 4.79 Å². The van der Waals surface area contributed by atoms with E-state index in [0.717, 1.165) is 24.7 Å². The Hall–Kier alpha value is -1.13. The first kappa shape index (κ1) is 26.9. The minimum atomic E-state index is -1.92. The van der Waals surface area contributed by atoms with Gasteiger partial charge in [-0.1, -0.05) is 76.7 Å². The van der Waals surface area contributed by atoms with Gasteiger partial charge in [0.05, 0.1) is 0 Å². The highest BCUT2D eigenvalue weighted by Crippen LogP contribution is 2.35. The molecule has 2 N–H and O–H groups in total. The van der Waals surface area contributed by atoms with Gasteiger partial charge >= 0.3 is 5.97 Å². The van der Waals surface area contributed by atoms with Crippen molar-refractivity contribution < 1.29 is 19.7 Å². The molecule has 4 nitrogen and oxygen atoms in total. The van der Waals surface area contributed by atoms with Gasteiger partial charge in [0.1, 0.15) is 6.61 Å². The predicted molar refractivity (Wildman–Crippen MR) is 124 cm³/mol. The van der Waals surface area contributed by atoms with Crippen LogP contribution in [0.4, 0.5) is 0 Å². The molecule has 1 aliphatic carbocycles. The van der Waals surface area contributed by atoms with Crippen LogP contribution in [0.1, 0.15) is 104 Å². The number of rotatable bonds is 16. The first-order valence-corrected chi connectivity index (χ1v) is 12.2. The minimum absolute atomic E-state index is 0.204. The highest BCUT2D eigenvalue weighted by Gasteiger charge is 2.25. The molecule has 3 atom stereocenters. The molecule has 0 spiro atoms. The molecular weight excluding hydrogens is 376 g/mol. The second kappa shape index (κ2) is 15.6. The maximum Gasteiger partial charge on any atom is 0.302 e. The topological polar surface area (TPSA) is 66.8 Å². The Morgan fingerprint density at radius 1 is 1.13 bits per heavy atom. The van der Waals surface area contributed by atoms with Crippen molar-refractivity contribution in [1.29, 1.82) is 0 Å². The smallest absolute Gasteiger partial charge is 0.302 e. The lowest BCUT2D eigenvalue weighted by atomic mass is 9.91. The minimum Gasteiger partial charge on any atom is -0.460 e. The van der Waals surface area contributed by atoms with Crippen LogP contribution in [-0.2, 0) is 9.53 Å². The van der Waals surface area contributed by atoms with E-state index in [1.807, 2.05) is 0 Å². The van der Waals surface area contributed by atoms with Crippen molar-refractivity contribution in [3.05, 3.63) is 24.3 Å². The zero-order valence-electron chi connectivity index (χ0n) is 19.7. The van der Waals surface area contributed by atoms with Crippen LogP contribution in [0.25, 0.3) is 0 Å². The molecule has 0 radical (unpaired) electrons. The summed E-state index contributed by atoms with van der Waals surface area (Å²) < 4.78 is 4.68. The van der Waals surface area contributed by atoms with E-state index in [1.54, 1.807) is 0 Å². The number of hydrogen-bond acceptors (Lipinski definition) is 4. The van der Waals surface area contributed by atoms with E-state index < -0.39 is 11.8 Å². The molecule has 0 bridgehead atoms. The Kier molecular flexibility index (Phi) is 14.0. The van der Waals surface area contributed by atoms with E-state index >= 15 is 0 Å². The first-order chi connectivity index (χ1) is 14.3. The van der Waals surface area contributed by atoms with Crippen molar-refractivity contribution >= 4 is 5.97 Å². The second-order valence-corrected chi connectivity index (χ2v) is 9.34. The highest BCUT2D eigenvalue weighted by molar-refractivity contribution is 5.65. The van der Waals surface area contributed by atoms with E-state index in [-0.39, 0.29) is 13.0 Å². The molecule has 4 heteroatoms. The molecule has 0 aromatic heterocycles. The summed E-state index contributed by atoms with van der Waals surface area (Å²) in [5.74, 6) is -0.161. The van der Waals surface area contributed by atoms with Crippen molar-refractivity contribution in [3.63, 3.8) is 0 Å². The molecule has 0 aromatic rings. The predicted octanol–water partition coefficient (Wildman–Crippen LogP) is 6.32. The summed E-state index contributed by atoms with van der Waals surface area (Å²) in [7, 11) is 0. The van der Waals surface area contributed by atoms with E-state index in [9.17, 15) is 15.0 Å². The number of esters is 1. The molecule has 30 heavy (non-hydrogen) atoms. The van der Waals surface area contributed by atoms with Crippen molar-refractivity contribution in [2.24, 2.45) is 17.8 Å². The standard InChI is InChI=1S/C26H46O4/c1-4-5-6-9-14-22(2)15-12-17-25-19-13-18-24(25)16-10-7-8-11-20-26(28,29)21-30-23(3)27/h7,10,12,17,22,24-25,28-29H,4-6,8-9,11,13-16,18-21H2,1-3H3/b10-7-,17-12+/t22-,24+,25+/m1/s1. The van der Waals surface area contributed by atoms with E-state index in [1.165, 1.54) is 64.7 Å². The SMILES string of the molecule is CCCCCC[C@@H](C)C/C=C/[C@H]1CCC[C@@H]1C/C=C\CCCC(O)(O)COC(C)=O. The lowest BCUT2D eigenvalue weighted by Gasteiger charge is -2.20. The number of carbonyl (C=O) groups is 1. The molecule has 174 valence electrons. The third-order valence-electron chi connectivity index (χ3n) is 6.25. The Labute approximate surface area is 184 Å². The van der Waals surface area contributed by atoms with Crippen LogP contribution in [0.3, 0.4) is 0 Å². The first-order valence-electron chi connectivity index (χ1n) is 12.2. The van der Waals surface area contributed by atoms with Crippen LogP contribution in [0.15, 0.2) is 24.3 Å². The Morgan fingerprint density at radius 3 is 2.67 bits per heavy atom. The molecule has 0 unspecified atom stereocenters. The van der Waals surface area contributed by atoms with Crippen molar-refractivity contribution in [2.45, 2.75) is 110 Å². The molecule has 1 aliphatic rings. The summed E-state index contributed by atoms with van der Waals surface area (Å²) in [6.07, 6.45) is 24.1. The molecule has 1 saturated carbocycles. The molecule has 0 amide bonds. The number of hydrogen-bond donors (Lipinski definition) is 2. The van der Waals surface area contributed by atoms with Crippen LogP contribution >= 0.6 is 0 Å². The molecule has 0 heterocycles. The number of carbonyl (C=O) groups excluding carboxylic acids is 1. The maximum absolute atomic E-state index is 10.8. The Balaban J connectivity index is 2.21. The third-order valence-corrected chi connectivity index (χ3v) is 6.25. The molecular formula is C26H46O4. The molecule has 1 fully saturated rings. The third kappa shape index (κ3) is 13.2. The molecule has 0 saturated heterocycles. The van der Waals surface area contributed by atoms with Crippen molar-refractivity contribution in [3.8, 4) is 0 Å². The van der Waals surface area contributed by atoms with Crippen molar-refractivity contribution in [1.82, 2.24) is 0 Å². The van der Waals surface area contributed by atoms with Crippen LogP contribution in [0.5, 0.6) is 0 Å². The number of ether oxygens (including phenoxy) is 1. The number of allylic oxidation sites excluding steroid dienone is 4. The number of unbranched alkanes of at least 4 members (excludes halogenated alkanes) is 4. The van der Waals surface area contributed by atoms with Gasteiger partial charge in [0.2, 0.25) is 0 Å². The van der Waals surface area contributed by atoms with Gasteiger partial charge < -0.3 is 14.9 Å². The van der Waals surface area contributed by atoms with E-state index in [4.69, 9.17) is 0 Å². The lowest BCUT2D eigenvalue weighted by Crippen LogP contribution is -2.34. The molecule has 0 aliphatic heterocycles. The van der Waals surface area contributed by atoms with Gasteiger partial charge in [-0.15, -0.1) is 0 Å². The van der Waals surface area contributed by atoms with Gasteiger partial charge in [0.15, 0.2) is 5.79 Å². The number of aliphatic hydroxyl groups is 2. The van der Waals surface area contributed by atoms with Gasteiger partial charge in [0, 0.05) is 13.3 Å². The molecule has 0 aromatic carbocycles. The zero-order valence-corrected chi connectivity index (χ0v) is 19.7. The average molecular weight is 423 g/mol. The quantitative estimate of drug-likeness (QED) is 0.132. The van der Waals surface area contributed by atoms with Crippen LogP contribution in [0, 0.1) is 17.8 Å². The van der Waals surface area contributed by atoms with E-state index in [0.29, 0.717) is 12.3 Å². The fourth-order valence-corrected chi connectivity index (χ4v) is 4.32. The summed E-state index contributed by atoms with van der Waals surface area (Å²) >= 11 is 0. The fourth-order valence-electron chi connectivity index (χ4n) is 4.32. The summed E-state index contributed by atoms with van der Waals surface area (Å²) in [5.41, 5.74) is 0. The van der Waals surface area contributed by atoms with E-state index in [2.05, 4.69) is 42.9 Å². The largest absolute Gasteiger partial charge is 0.460 e. The lowest BCUT2D eigenvalue weighted by molar-refractivity contribution is -0.204. The van der Waals surface area contributed by atoms with Crippen molar-refractivity contribution in [2.75, 3.05) is 6.61 Å². The van der Waals surface area contributed by atoms with Crippen LogP contribution < -0.4 is 0 Å². The fraction of sp³-hybridized carbons (Fsp3) is 0.808. The summed E-state index contributed by atoms with van der Waals surface area (Å²) in [5, 5.41) is 19.5. The summed E-state index contributed by atoms with van der Waals surface area (Å²) in [6.45, 7) is 5.55. The van der Waals surface area contributed by atoms with Gasteiger partial charge in [0.25, 0.3) is 0 Å². The second-order valence-electron chi connectivity index (χ2n) is 9.34. The van der Waals surface area contributed by atoms with Gasteiger partial charge in [-0.25, -0.2) is 0 Å². The average Bonchev–Trinajstić information content (AvgIpc) is 3.14. The van der Waals surface area contributed by atoms with Gasteiger partial charge in [-0.2, -0.15) is 0 Å². The molecule has 1 rings (SSSR count). The summed E-state index contributed by atoms with van der Waals surface area (Å²) in [4.78, 5) is 10.8. The van der Waals surface area contributed by atoms with Crippen LogP contribution in [-0.4, -0.2) is 28.6 Å². The monoisotopic (exact) mass is 422 g/mol. The maximum atomic E-state index is 10.8. The normalized spacial score (nSPS) is 21.0. The highest BCUT2D eigenvalue weighted by atomic mass is 16.6. The van der Waals surface area contributed by atoms with Crippen LogP contribution in [0.2, 0.25) is 0 Å².